The molecule has 3 saturated heterocycles. The topological polar surface area (TPSA) is 312 Å². The molecule has 0 spiro atoms. The molecular weight excluding hydrogens is 881 g/mol. The van der Waals surface area contributed by atoms with Crippen molar-refractivity contribution in [2.45, 2.75) is 211 Å². The molecule has 0 aromatic carbocycles. The summed E-state index contributed by atoms with van der Waals surface area (Å²) in [6.07, 6.45) is -18.3. The summed E-state index contributed by atoms with van der Waals surface area (Å²) in [5.74, 6) is -2.06. The van der Waals surface area contributed by atoms with E-state index in [9.17, 15) is 65.8 Å². The Morgan fingerprint density at radius 3 is 1.75 bits per heavy atom. The number of aliphatic hydroxyl groups excluding tert-OH is 9. The highest BCUT2D eigenvalue weighted by Crippen LogP contribution is 2.76. The average Bonchev–Trinajstić information content (AvgIpc) is 3.26. The smallest absolute Gasteiger partial charge is 0.335 e. The van der Waals surface area contributed by atoms with Gasteiger partial charge in [-0.05, 0) is 109 Å². The Hall–Kier alpha value is -1.92. The van der Waals surface area contributed by atoms with E-state index in [-0.39, 0.29) is 39.4 Å². The van der Waals surface area contributed by atoms with Crippen LogP contribution in [0.5, 0.6) is 0 Å². The van der Waals surface area contributed by atoms with Crippen molar-refractivity contribution in [3.05, 3.63) is 11.6 Å². The van der Waals surface area contributed by atoms with Crippen molar-refractivity contribution >= 4 is 11.9 Å². The lowest BCUT2D eigenvalue weighted by atomic mass is 9.33. The van der Waals surface area contributed by atoms with Gasteiger partial charge in [0.15, 0.2) is 25.0 Å². The second kappa shape index (κ2) is 18.0. The number of carboxylic acid groups (broad SMARTS) is 2. The molecule has 23 atom stereocenters. The highest BCUT2D eigenvalue weighted by Gasteiger charge is 2.70. The van der Waals surface area contributed by atoms with E-state index in [4.69, 9.17) is 28.4 Å². The molecule has 5 aliphatic carbocycles. The van der Waals surface area contributed by atoms with Crippen molar-refractivity contribution in [3.63, 3.8) is 0 Å². The van der Waals surface area contributed by atoms with Crippen molar-refractivity contribution in [2.24, 2.45) is 50.2 Å². The summed E-state index contributed by atoms with van der Waals surface area (Å²) in [5.41, 5.74) is -0.618. The van der Waals surface area contributed by atoms with Crippen LogP contribution in [0.4, 0.5) is 0 Å². The third-order valence-electron chi connectivity index (χ3n) is 19.3. The average molecular weight is 957 g/mol. The molecule has 0 aromatic rings. The fourth-order valence-electron chi connectivity index (χ4n) is 15.1. The van der Waals surface area contributed by atoms with Crippen LogP contribution < -0.4 is 0 Å². The minimum atomic E-state index is -2.12. The highest BCUT2D eigenvalue weighted by atomic mass is 16.8. The van der Waals surface area contributed by atoms with Crippen LogP contribution in [-0.4, -0.2) is 180 Å². The molecule has 19 nitrogen and oxygen atoms in total. The molecule has 19 heteroatoms. The number of allylic oxidation sites excluding steroid dienone is 2. The maximum Gasteiger partial charge on any atom is 0.335 e. The van der Waals surface area contributed by atoms with E-state index in [0.29, 0.717) is 25.7 Å². The molecule has 0 amide bonds. The molecular formula is C48H76O19. The molecule has 0 radical (unpaired) electrons. The molecule has 8 rings (SSSR count). The molecule has 7 fully saturated rings. The second-order valence-corrected chi connectivity index (χ2v) is 23.5. The van der Waals surface area contributed by atoms with E-state index in [1.807, 2.05) is 0 Å². The Balaban J connectivity index is 1.11. The zero-order valence-electron chi connectivity index (χ0n) is 39.7. The van der Waals surface area contributed by atoms with Gasteiger partial charge in [-0.1, -0.05) is 60.1 Å². The summed E-state index contributed by atoms with van der Waals surface area (Å²) in [5, 5.41) is 117. The van der Waals surface area contributed by atoms with E-state index < -0.39 is 134 Å². The van der Waals surface area contributed by atoms with Crippen LogP contribution in [0.1, 0.15) is 113 Å². The predicted octanol–water partition coefficient (Wildman–Crippen LogP) is 0.799. The van der Waals surface area contributed by atoms with Gasteiger partial charge in [0.1, 0.15) is 67.1 Å². The lowest BCUT2D eigenvalue weighted by Crippen LogP contribution is -2.68. The first-order valence-corrected chi connectivity index (χ1v) is 24.3. The normalized spacial score (nSPS) is 52.7. The number of aliphatic carboxylic acids is 2. The molecule has 4 saturated carbocycles. The third-order valence-corrected chi connectivity index (χ3v) is 19.3. The highest BCUT2D eigenvalue weighted by molar-refractivity contribution is 5.76. The lowest BCUT2D eigenvalue weighted by molar-refractivity contribution is -0.396. The standard InChI is InChI=1S/C48H76O19/c1-43(2)14-16-48(42(60)61)17-15-46(6)21(22(48)18-43)8-9-26-45(5)12-11-27(44(3,4)25(45)10-13-47(26,46)7)64-41-37(67-40-33(56)31(54)29(52)24(20-50)63-40)35(34(57)36(66-41)38(58)59)65-39-32(55)30(53)28(51)23(19-49)62-39/h8,22-37,39-41,49-57H,9-20H2,1-7H3,(H,58,59)(H,60,61)/t22-,23+,24+,25?,26?,27-,28-,29+,30-,31-,32+,33+,34-,35-,36-,37+,39-,40-,41+,45-,46+,47+,48-/m0/s1. The Bertz CT molecular complexity index is 1870. The molecule has 382 valence electrons. The van der Waals surface area contributed by atoms with Gasteiger partial charge < -0.3 is 84.6 Å². The first kappa shape index (κ1) is 51.4. The number of fused-ring (bicyclic) bond motifs is 7. The predicted molar refractivity (Wildman–Crippen MR) is 231 cm³/mol. The van der Waals surface area contributed by atoms with Gasteiger partial charge in [0.05, 0.1) is 24.7 Å². The van der Waals surface area contributed by atoms with Gasteiger partial charge in [-0.25, -0.2) is 4.79 Å². The summed E-state index contributed by atoms with van der Waals surface area (Å²) in [6.45, 7) is 14.2. The lowest BCUT2D eigenvalue weighted by Gasteiger charge is -2.71. The van der Waals surface area contributed by atoms with Crippen molar-refractivity contribution in [1.29, 1.82) is 0 Å². The number of ether oxygens (including phenoxy) is 6. The van der Waals surface area contributed by atoms with Gasteiger partial charge in [-0.15, -0.1) is 0 Å². The molecule has 3 heterocycles. The van der Waals surface area contributed by atoms with Gasteiger partial charge >= 0.3 is 11.9 Å². The summed E-state index contributed by atoms with van der Waals surface area (Å²) in [6, 6.07) is 0. The maximum absolute atomic E-state index is 13.2. The summed E-state index contributed by atoms with van der Waals surface area (Å²) < 4.78 is 36.4. The Kier molecular flexibility index (Phi) is 13.8. The fourth-order valence-corrected chi connectivity index (χ4v) is 15.1. The quantitative estimate of drug-likeness (QED) is 0.107. The van der Waals surface area contributed by atoms with Gasteiger partial charge in [0.2, 0.25) is 0 Å². The molecule has 3 aliphatic heterocycles. The Morgan fingerprint density at radius 2 is 1.19 bits per heavy atom. The van der Waals surface area contributed by atoms with E-state index in [1.165, 1.54) is 5.57 Å². The van der Waals surface area contributed by atoms with Crippen molar-refractivity contribution < 1.29 is 94.2 Å². The van der Waals surface area contributed by atoms with E-state index in [1.54, 1.807) is 0 Å². The maximum atomic E-state index is 13.2. The summed E-state index contributed by atoms with van der Waals surface area (Å²) >= 11 is 0. The van der Waals surface area contributed by atoms with Crippen LogP contribution in [0.2, 0.25) is 0 Å². The van der Waals surface area contributed by atoms with Crippen LogP contribution >= 0.6 is 0 Å². The zero-order chi connectivity index (χ0) is 49.1. The van der Waals surface area contributed by atoms with E-state index >= 15 is 0 Å². The Labute approximate surface area is 391 Å². The van der Waals surface area contributed by atoms with Crippen LogP contribution in [0.3, 0.4) is 0 Å². The summed E-state index contributed by atoms with van der Waals surface area (Å²) in [7, 11) is 0. The number of hydrogen-bond acceptors (Lipinski definition) is 17. The monoisotopic (exact) mass is 956 g/mol. The minimum absolute atomic E-state index is 0.0299. The fraction of sp³-hybridized carbons (Fsp3) is 0.917. The van der Waals surface area contributed by atoms with Gasteiger partial charge in [-0.3, -0.25) is 4.79 Å². The number of carboxylic acids is 2. The van der Waals surface area contributed by atoms with Crippen LogP contribution in [-0.2, 0) is 38.0 Å². The molecule has 0 bridgehead atoms. The Morgan fingerprint density at radius 1 is 0.627 bits per heavy atom. The van der Waals surface area contributed by atoms with Gasteiger partial charge in [0.25, 0.3) is 0 Å². The first-order valence-electron chi connectivity index (χ1n) is 24.3. The molecule has 11 N–H and O–H groups in total. The van der Waals surface area contributed by atoms with Crippen molar-refractivity contribution in [3.8, 4) is 0 Å². The van der Waals surface area contributed by atoms with Crippen LogP contribution in [0.25, 0.3) is 0 Å². The van der Waals surface area contributed by atoms with E-state index in [0.717, 1.165) is 38.5 Å². The number of aliphatic hydroxyl groups is 9. The number of hydrogen-bond donors (Lipinski definition) is 11. The van der Waals surface area contributed by atoms with Crippen LogP contribution in [0, 0.1) is 50.2 Å². The molecule has 8 aliphatic rings. The summed E-state index contributed by atoms with van der Waals surface area (Å²) in [4.78, 5) is 26.0. The first-order chi connectivity index (χ1) is 31.2. The van der Waals surface area contributed by atoms with Crippen LogP contribution in [0.15, 0.2) is 11.6 Å². The van der Waals surface area contributed by atoms with Gasteiger partial charge in [-0.2, -0.15) is 0 Å². The van der Waals surface area contributed by atoms with Gasteiger partial charge in [0, 0.05) is 0 Å². The molecule has 67 heavy (non-hydrogen) atoms. The zero-order valence-corrected chi connectivity index (χ0v) is 39.7. The molecule has 2 unspecified atom stereocenters. The number of carbonyl (C=O) groups is 2. The minimum Gasteiger partial charge on any atom is -0.481 e. The van der Waals surface area contributed by atoms with Crippen molar-refractivity contribution in [1.82, 2.24) is 0 Å². The third kappa shape index (κ3) is 8.06. The molecule has 0 aromatic heterocycles. The van der Waals surface area contributed by atoms with Crippen molar-refractivity contribution in [2.75, 3.05) is 13.2 Å². The second-order valence-electron chi connectivity index (χ2n) is 23.5. The SMILES string of the molecule is CC1(C)CC[C@]2(C(=O)O)CC[C@]3(C)C(=CCC4[C@@]5(C)CC[C@H](O[C@@H]6O[C@H](C(=O)O)[C@@H](O)[C@H](O[C@@H]7O[C@H](CO)[C@H](O)[C@H](O)[C@H]7O)[C@H]6O[C@@H]6O[C@H](CO)[C@@H](O)[C@H](O)[C@H]6O)C(C)(C)C5CC[C@]43C)[C@@H]2C1. The number of rotatable bonds is 10. The largest absolute Gasteiger partial charge is 0.481 e. The van der Waals surface area contributed by atoms with E-state index in [2.05, 4.69) is 54.5 Å².